The Labute approximate surface area is 107 Å². The highest BCUT2D eigenvalue weighted by molar-refractivity contribution is 5.80. The summed E-state index contributed by atoms with van der Waals surface area (Å²) in [7, 11) is 1.70. The fourth-order valence-electron chi connectivity index (χ4n) is 2.61. The number of pyridine rings is 1. The van der Waals surface area contributed by atoms with Crippen molar-refractivity contribution in [1.82, 2.24) is 9.88 Å². The van der Waals surface area contributed by atoms with Gasteiger partial charge in [0.1, 0.15) is 0 Å². The third-order valence-electron chi connectivity index (χ3n) is 3.55. The molecule has 1 aliphatic rings. The number of aromatic nitrogens is 1. The summed E-state index contributed by atoms with van der Waals surface area (Å²) in [4.78, 5) is 7.05. The Hall–Kier alpha value is -1.61. The molecule has 1 aromatic heterocycles. The van der Waals surface area contributed by atoms with Gasteiger partial charge < -0.3 is 4.74 Å². The van der Waals surface area contributed by atoms with Crippen molar-refractivity contribution in [3.05, 3.63) is 35.9 Å². The Bertz CT molecular complexity index is 547. The zero-order valence-corrected chi connectivity index (χ0v) is 10.7. The lowest BCUT2D eigenvalue weighted by atomic mass is 10.1. The van der Waals surface area contributed by atoms with Crippen molar-refractivity contribution in [2.45, 2.75) is 19.4 Å². The number of fused-ring (bicyclic) bond motifs is 1. The summed E-state index contributed by atoms with van der Waals surface area (Å²) >= 11 is 0. The second kappa shape index (κ2) is 4.94. The summed E-state index contributed by atoms with van der Waals surface area (Å²) in [6.45, 7) is 3.33. The highest BCUT2D eigenvalue weighted by Gasteiger charge is 2.15. The molecule has 3 nitrogen and oxygen atoms in total. The summed E-state index contributed by atoms with van der Waals surface area (Å²) in [5, 5.41) is 1.19. The van der Waals surface area contributed by atoms with Crippen LogP contribution in [0, 0.1) is 0 Å². The summed E-state index contributed by atoms with van der Waals surface area (Å²) in [5.74, 6) is 0.764. The van der Waals surface area contributed by atoms with Gasteiger partial charge in [0.2, 0.25) is 5.88 Å². The van der Waals surface area contributed by atoms with Gasteiger partial charge in [0, 0.05) is 17.5 Å². The summed E-state index contributed by atoms with van der Waals surface area (Å²) in [5.41, 5.74) is 2.19. The Morgan fingerprint density at radius 2 is 2.00 bits per heavy atom. The third-order valence-corrected chi connectivity index (χ3v) is 3.55. The monoisotopic (exact) mass is 242 g/mol. The average molecular weight is 242 g/mol. The van der Waals surface area contributed by atoms with Crippen LogP contribution in [0.5, 0.6) is 5.88 Å². The van der Waals surface area contributed by atoms with Crippen LogP contribution in [0.2, 0.25) is 0 Å². The number of nitrogens with zero attached hydrogens (tertiary/aromatic N) is 2. The molecule has 0 unspecified atom stereocenters. The molecule has 2 aromatic rings. The predicted molar refractivity (Wildman–Crippen MR) is 72.8 cm³/mol. The van der Waals surface area contributed by atoms with Gasteiger partial charge in [-0.25, -0.2) is 4.98 Å². The third kappa shape index (κ3) is 2.18. The molecule has 1 aromatic carbocycles. The molecule has 1 aliphatic heterocycles. The molecule has 3 heteroatoms. The van der Waals surface area contributed by atoms with E-state index in [4.69, 9.17) is 4.74 Å². The topological polar surface area (TPSA) is 25.4 Å². The van der Waals surface area contributed by atoms with Gasteiger partial charge in [-0.2, -0.15) is 0 Å². The number of hydrogen-bond donors (Lipinski definition) is 0. The van der Waals surface area contributed by atoms with Crippen molar-refractivity contribution in [2.75, 3.05) is 20.2 Å². The van der Waals surface area contributed by atoms with Gasteiger partial charge in [0.15, 0.2) is 0 Å². The molecule has 2 heterocycles. The number of benzene rings is 1. The summed E-state index contributed by atoms with van der Waals surface area (Å²) in [6.07, 6.45) is 2.62. The second-order valence-corrected chi connectivity index (χ2v) is 4.83. The molecule has 0 N–H and O–H groups in total. The highest BCUT2D eigenvalue weighted by atomic mass is 16.5. The van der Waals surface area contributed by atoms with Crippen molar-refractivity contribution < 1.29 is 4.74 Å². The number of likely N-dealkylation sites (tertiary alicyclic amines) is 1. The van der Waals surface area contributed by atoms with Crippen LogP contribution in [0.1, 0.15) is 18.4 Å². The fourth-order valence-corrected chi connectivity index (χ4v) is 2.61. The lowest BCUT2D eigenvalue weighted by molar-refractivity contribution is 0.318. The Balaban J connectivity index is 1.97. The first-order valence-electron chi connectivity index (χ1n) is 6.52. The molecular weight excluding hydrogens is 224 g/mol. The summed E-state index contributed by atoms with van der Waals surface area (Å²) < 4.78 is 5.43. The molecule has 0 amide bonds. The zero-order chi connectivity index (χ0) is 12.4. The van der Waals surface area contributed by atoms with E-state index < -0.39 is 0 Å². The first-order chi connectivity index (χ1) is 8.86. The molecule has 0 atom stereocenters. The molecule has 18 heavy (non-hydrogen) atoms. The van der Waals surface area contributed by atoms with E-state index in [2.05, 4.69) is 28.1 Å². The van der Waals surface area contributed by atoms with Gasteiger partial charge in [0.25, 0.3) is 0 Å². The molecule has 3 rings (SSSR count). The minimum Gasteiger partial charge on any atom is -0.481 e. The Kier molecular flexibility index (Phi) is 3.15. The highest BCUT2D eigenvalue weighted by Crippen LogP contribution is 2.24. The number of hydrogen-bond acceptors (Lipinski definition) is 3. The van der Waals surface area contributed by atoms with Gasteiger partial charge in [-0.05, 0) is 38.1 Å². The van der Waals surface area contributed by atoms with E-state index in [1.807, 2.05) is 12.1 Å². The molecule has 0 aliphatic carbocycles. The van der Waals surface area contributed by atoms with Crippen LogP contribution in [0.3, 0.4) is 0 Å². The first kappa shape index (κ1) is 11.5. The normalized spacial score (nSPS) is 16.3. The van der Waals surface area contributed by atoms with Crippen molar-refractivity contribution in [2.24, 2.45) is 0 Å². The Morgan fingerprint density at radius 1 is 1.22 bits per heavy atom. The van der Waals surface area contributed by atoms with E-state index in [-0.39, 0.29) is 0 Å². The van der Waals surface area contributed by atoms with Gasteiger partial charge in [0.05, 0.1) is 12.6 Å². The van der Waals surface area contributed by atoms with Crippen LogP contribution in [0.25, 0.3) is 10.9 Å². The largest absolute Gasteiger partial charge is 0.481 e. The van der Waals surface area contributed by atoms with E-state index in [9.17, 15) is 0 Å². The Morgan fingerprint density at radius 3 is 2.78 bits per heavy atom. The van der Waals surface area contributed by atoms with Crippen molar-refractivity contribution in [3.8, 4) is 5.88 Å². The fraction of sp³-hybridized carbons (Fsp3) is 0.400. The van der Waals surface area contributed by atoms with E-state index >= 15 is 0 Å². The molecule has 0 spiro atoms. The molecule has 0 saturated carbocycles. The van der Waals surface area contributed by atoms with E-state index in [0.717, 1.165) is 17.9 Å². The van der Waals surface area contributed by atoms with Crippen LogP contribution in [-0.2, 0) is 6.54 Å². The molecule has 1 saturated heterocycles. The van der Waals surface area contributed by atoms with Crippen molar-refractivity contribution in [3.63, 3.8) is 0 Å². The van der Waals surface area contributed by atoms with Crippen molar-refractivity contribution >= 4 is 10.9 Å². The first-order valence-corrected chi connectivity index (χ1v) is 6.52. The number of para-hydroxylation sites is 1. The minimum atomic E-state index is 0.764. The van der Waals surface area contributed by atoms with E-state index in [1.54, 1.807) is 7.11 Å². The molecule has 0 bridgehead atoms. The molecule has 94 valence electrons. The number of rotatable bonds is 3. The lowest BCUT2D eigenvalue weighted by Crippen LogP contribution is -2.19. The van der Waals surface area contributed by atoms with Crippen LogP contribution in [-0.4, -0.2) is 30.1 Å². The standard InChI is InChI=1S/C15H18N2O/c1-18-15-13(11-17-8-4-5-9-17)10-12-6-2-3-7-14(12)16-15/h2-3,6-7,10H,4-5,8-9,11H2,1H3. The SMILES string of the molecule is COc1nc2ccccc2cc1CN1CCCC1. The maximum atomic E-state index is 5.43. The zero-order valence-electron chi connectivity index (χ0n) is 10.7. The van der Waals surface area contributed by atoms with Crippen LogP contribution < -0.4 is 4.74 Å². The van der Waals surface area contributed by atoms with Crippen LogP contribution in [0.15, 0.2) is 30.3 Å². The smallest absolute Gasteiger partial charge is 0.218 e. The van der Waals surface area contributed by atoms with Crippen molar-refractivity contribution in [1.29, 1.82) is 0 Å². The van der Waals surface area contributed by atoms with E-state index in [0.29, 0.717) is 0 Å². The average Bonchev–Trinajstić information content (AvgIpc) is 2.91. The maximum absolute atomic E-state index is 5.43. The van der Waals surface area contributed by atoms with E-state index in [1.165, 1.54) is 36.9 Å². The molecular formula is C15H18N2O. The maximum Gasteiger partial charge on any atom is 0.218 e. The number of methoxy groups -OCH3 is 1. The summed E-state index contributed by atoms with van der Waals surface area (Å²) in [6, 6.07) is 10.4. The van der Waals surface area contributed by atoms with Gasteiger partial charge in [-0.3, -0.25) is 4.90 Å². The number of ether oxygens (including phenoxy) is 1. The van der Waals surface area contributed by atoms with Gasteiger partial charge >= 0.3 is 0 Å². The second-order valence-electron chi connectivity index (χ2n) is 4.83. The molecule has 0 radical (unpaired) electrons. The van der Waals surface area contributed by atoms with Gasteiger partial charge in [-0.15, -0.1) is 0 Å². The quantitative estimate of drug-likeness (QED) is 0.827. The van der Waals surface area contributed by atoms with Gasteiger partial charge in [-0.1, -0.05) is 18.2 Å². The lowest BCUT2D eigenvalue weighted by Gasteiger charge is -2.16. The van der Waals surface area contributed by atoms with Crippen LogP contribution in [0.4, 0.5) is 0 Å². The predicted octanol–water partition coefficient (Wildman–Crippen LogP) is 2.84. The van der Waals surface area contributed by atoms with Crippen LogP contribution >= 0.6 is 0 Å². The minimum absolute atomic E-state index is 0.764. The molecule has 1 fully saturated rings.